The number of hydrogen-bond donors (Lipinski definition) is 0. The summed E-state index contributed by atoms with van der Waals surface area (Å²) in [6, 6.07) is 53.7. The van der Waals surface area contributed by atoms with Crippen LogP contribution in [0.3, 0.4) is 0 Å². The molecular weight excluding hydrogens is 492 g/mol. The van der Waals surface area contributed by atoms with Crippen LogP contribution < -0.4 is 0 Å². The molecule has 41 heavy (non-hydrogen) atoms. The zero-order chi connectivity index (χ0) is 27.6. The molecule has 0 heteroatoms. The van der Waals surface area contributed by atoms with Gasteiger partial charge in [-0.2, -0.15) is 0 Å². The number of rotatable bonds is 3. The van der Waals surface area contributed by atoms with Crippen molar-refractivity contribution in [3.05, 3.63) is 157 Å². The quantitative estimate of drug-likeness (QED) is 0.216. The lowest BCUT2D eigenvalue weighted by Crippen LogP contribution is -2.14. The van der Waals surface area contributed by atoms with Gasteiger partial charge < -0.3 is 0 Å². The Morgan fingerprint density at radius 3 is 1.73 bits per heavy atom. The molecule has 0 amide bonds. The molecule has 1 aliphatic carbocycles. The third-order valence-corrected chi connectivity index (χ3v) is 9.05. The summed E-state index contributed by atoms with van der Waals surface area (Å²) in [6.07, 6.45) is 0. The predicted molar refractivity (Wildman–Crippen MR) is 175 cm³/mol. The average molecular weight is 523 g/mol. The molecule has 7 aromatic carbocycles. The highest BCUT2D eigenvalue weighted by Gasteiger charge is 2.35. The lowest BCUT2D eigenvalue weighted by atomic mass is 9.81. The second-order valence-corrected chi connectivity index (χ2v) is 11.8. The van der Waals surface area contributed by atoms with E-state index >= 15 is 0 Å². The van der Waals surface area contributed by atoms with Gasteiger partial charge in [0.25, 0.3) is 0 Å². The molecule has 0 fully saturated rings. The molecule has 0 N–H and O–H groups in total. The van der Waals surface area contributed by atoms with E-state index in [1.54, 1.807) is 0 Å². The van der Waals surface area contributed by atoms with Crippen LogP contribution in [0.4, 0.5) is 0 Å². The lowest BCUT2D eigenvalue weighted by Gasteiger charge is -2.22. The summed E-state index contributed by atoms with van der Waals surface area (Å²) >= 11 is 0. The van der Waals surface area contributed by atoms with Gasteiger partial charge in [0.15, 0.2) is 0 Å². The Hall–Kier alpha value is -4.94. The van der Waals surface area contributed by atoms with Crippen LogP contribution in [0, 0.1) is 0 Å². The predicted octanol–water partition coefficient (Wildman–Crippen LogP) is 11.3. The maximum Gasteiger partial charge on any atom is 0.0159 e. The molecule has 7 aromatic rings. The van der Waals surface area contributed by atoms with Gasteiger partial charge in [-0.15, -0.1) is 0 Å². The van der Waals surface area contributed by atoms with Crippen molar-refractivity contribution in [3.8, 4) is 44.5 Å². The molecule has 0 nitrogen and oxygen atoms in total. The molecular formula is C41H30. The zero-order valence-corrected chi connectivity index (χ0v) is 23.4. The third-order valence-electron chi connectivity index (χ3n) is 9.05. The van der Waals surface area contributed by atoms with Gasteiger partial charge in [0.1, 0.15) is 0 Å². The second kappa shape index (κ2) is 9.04. The van der Waals surface area contributed by atoms with Crippen LogP contribution in [0.2, 0.25) is 0 Å². The molecule has 0 saturated carbocycles. The largest absolute Gasteiger partial charge is 0.0619 e. The average Bonchev–Trinajstić information content (AvgIpc) is 3.26. The van der Waals surface area contributed by atoms with Crippen LogP contribution in [0.5, 0.6) is 0 Å². The number of hydrogen-bond acceptors (Lipinski definition) is 0. The van der Waals surface area contributed by atoms with Gasteiger partial charge in [0.05, 0.1) is 0 Å². The van der Waals surface area contributed by atoms with Gasteiger partial charge >= 0.3 is 0 Å². The standard InChI is InChI=1S/C41H30/c1-41(2)39-16-6-5-14-37(39)38-22-21-33(26-40(38)41)32-20-19-30-23-29(17-18-31(30)24-32)28-11-7-12-34(25-28)36-15-8-10-27-9-3-4-13-35(27)36/h3-26H,1-2H3. The molecule has 0 aliphatic heterocycles. The Bertz CT molecular complexity index is 2120. The van der Waals surface area contributed by atoms with Crippen molar-refractivity contribution in [2.24, 2.45) is 0 Å². The van der Waals surface area contributed by atoms with E-state index in [4.69, 9.17) is 0 Å². The Labute approximate surface area is 241 Å². The molecule has 0 aromatic heterocycles. The highest BCUT2D eigenvalue weighted by atomic mass is 14.4. The van der Waals surface area contributed by atoms with E-state index in [1.807, 2.05) is 0 Å². The minimum atomic E-state index is 0.00820. The van der Waals surface area contributed by atoms with Crippen LogP contribution in [-0.4, -0.2) is 0 Å². The topological polar surface area (TPSA) is 0 Å². The zero-order valence-electron chi connectivity index (χ0n) is 23.4. The number of fused-ring (bicyclic) bond motifs is 5. The molecule has 0 atom stereocenters. The van der Waals surface area contributed by atoms with Crippen molar-refractivity contribution in [2.75, 3.05) is 0 Å². The molecule has 194 valence electrons. The molecule has 0 spiro atoms. The van der Waals surface area contributed by atoms with Gasteiger partial charge in [-0.25, -0.2) is 0 Å². The minimum absolute atomic E-state index is 0.00820. The molecule has 0 bridgehead atoms. The molecule has 0 unspecified atom stereocenters. The van der Waals surface area contributed by atoms with E-state index in [0.717, 1.165) is 0 Å². The first-order valence-electron chi connectivity index (χ1n) is 14.4. The van der Waals surface area contributed by atoms with Crippen molar-refractivity contribution < 1.29 is 0 Å². The first-order chi connectivity index (χ1) is 20.1. The fourth-order valence-corrected chi connectivity index (χ4v) is 6.83. The minimum Gasteiger partial charge on any atom is -0.0619 e. The summed E-state index contributed by atoms with van der Waals surface area (Å²) in [4.78, 5) is 0. The maximum atomic E-state index is 2.41. The molecule has 1 aliphatic rings. The molecule has 0 radical (unpaired) electrons. The van der Waals surface area contributed by atoms with Crippen molar-refractivity contribution in [1.82, 2.24) is 0 Å². The first-order valence-corrected chi connectivity index (χ1v) is 14.4. The first kappa shape index (κ1) is 23.9. The summed E-state index contributed by atoms with van der Waals surface area (Å²) in [5.74, 6) is 0. The number of benzene rings is 7. The Morgan fingerprint density at radius 1 is 0.341 bits per heavy atom. The van der Waals surface area contributed by atoms with Gasteiger partial charge in [0.2, 0.25) is 0 Å². The van der Waals surface area contributed by atoms with E-state index in [1.165, 1.54) is 77.2 Å². The van der Waals surface area contributed by atoms with Crippen molar-refractivity contribution in [1.29, 1.82) is 0 Å². The normalized spacial score (nSPS) is 13.3. The van der Waals surface area contributed by atoms with Crippen LogP contribution in [0.15, 0.2) is 146 Å². The smallest absolute Gasteiger partial charge is 0.0159 e. The monoisotopic (exact) mass is 522 g/mol. The van der Waals surface area contributed by atoms with Crippen molar-refractivity contribution >= 4 is 21.5 Å². The van der Waals surface area contributed by atoms with E-state index in [0.29, 0.717) is 0 Å². The van der Waals surface area contributed by atoms with E-state index in [9.17, 15) is 0 Å². The van der Waals surface area contributed by atoms with E-state index in [2.05, 4.69) is 159 Å². The molecule has 0 heterocycles. The van der Waals surface area contributed by atoms with Gasteiger partial charge in [-0.05, 0) is 101 Å². The summed E-state index contributed by atoms with van der Waals surface area (Å²) in [5.41, 5.74) is 13.1. The summed E-state index contributed by atoms with van der Waals surface area (Å²) in [6.45, 7) is 4.69. The Balaban J connectivity index is 1.15. The second-order valence-electron chi connectivity index (χ2n) is 11.8. The fourth-order valence-electron chi connectivity index (χ4n) is 6.83. The highest BCUT2D eigenvalue weighted by Crippen LogP contribution is 2.49. The summed E-state index contributed by atoms with van der Waals surface area (Å²) in [5, 5.41) is 5.08. The Morgan fingerprint density at radius 2 is 0.902 bits per heavy atom. The highest BCUT2D eigenvalue weighted by molar-refractivity contribution is 5.98. The maximum absolute atomic E-state index is 2.41. The van der Waals surface area contributed by atoms with Crippen molar-refractivity contribution in [2.45, 2.75) is 19.3 Å². The molecule has 0 saturated heterocycles. The SMILES string of the molecule is CC1(C)c2ccccc2-c2ccc(-c3ccc4cc(-c5cccc(-c6cccc7ccccc67)c5)ccc4c3)cc21. The van der Waals surface area contributed by atoms with Gasteiger partial charge in [0, 0.05) is 5.41 Å². The van der Waals surface area contributed by atoms with Gasteiger partial charge in [-0.1, -0.05) is 135 Å². The lowest BCUT2D eigenvalue weighted by molar-refractivity contribution is 0.660. The van der Waals surface area contributed by atoms with E-state index in [-0.39, 0.29) is 5.41 Å². The fraction of sp³-hybridized carbons (Fsp3) is 0.0732. The van der Waals surface area contributed by atoms with Gasteiger partial charge in [-0.3, -0.25) is 0 Å². The van der Waals surface area contributed by atoms with E-state index < -0.39 is 0 Å². The van der Waals surface area contributed by atoms with Crippen LogP contribution >= 0.6 is 0 Å². The Kier molecular flexibility index (Phi) is 5.27. The summed E-state index contributed by atoms with van der Waals surface area (Å²) < 4.78 is 0. The third kappa shape index (κ3) is 3.83. The van der Waals surface area contributed by atoms with Crippen LogP contribution in [-0.2, 0) is 5.41 Å². The van der Waals surface area contributed by atoms with Crippen LogP contribution in [0.1, 0.15) is 25.0 Å². The van der Waals surface area contributed by atoms with Crippen LogP contribution in [0.25, 0.3) is 66.1 Å². The van der Waals surface area contributed by atoms with Crippen molar-refractivity contribution in [3.63, 3.8) is 0 Å². The summed E-state index contributed by atoms with van der Waals surface area (Å²) in [7, 11) is 0. The molecule has 8 rings (SSSR count).